The number of amides is 1. The maximum absolute atomic E-state index is 13.8. The SMILES string of the molecule is Cn1cc(C#CC2(O)CC3CC(c4ncn(C)c4C(=O)Nc4ccc(F)c(Cl)c4)CC3C2)c(F)n1. The van der Waals surface area contributed by atoms with Crippen molar-refractivity contribution in [3.63, 3.8) is 0 Å². The lowest BCUT2D eigenvalue weighted by atomic mass is 9.92. The number of nitrogens with one attached hydrogen (secondary N) is 1. The van der Waals surface area contributed by atoms with Crippen molar-refractivity contribution in [2.75, 3.05) is 5.32 Å². The number of carbonyl (C=O) groups excluding carboxylic acids is 1. The average molecular weight is 500 g/mol. The topological polar surface area (TPSA) is 85.0 Å². The zero-order valence-electron chi connectivity index (χ0n) is 19.2. The van der Waals surface area contributed by atoms with Gasteiger partial charge in [-0.15, -0.1) is 5.10 Å². The molecule has 2 heterocycles. The van der Waals surface area contributed by atoms with Crippen LogP contribution in [0.1, 0.15) is 53.3 Å². The number of anilines is 1. The Balaban J connectivity index is 1.29. The van der Waals surface area contributed by atoms with Gasteiger partial charge in [-0.2, -0.15) is 4.39 Å². The van der Waals surface area contributed by atoms with Crippen LogP contribution in [0.15, 0.2) is 30.7 Å². The molecule has 2 aliphatic carbocycles. The smallest absolute Gasteiger partial charge is 0.274 e. The number of nitrogens with zero attached hydrogens (tertiary/aromatic N) is 4. The molecule has 1 aromatic carbocycles. The number of hydrogen-bond acceptors (Lipinski definition) is 4. The van der Waals surface area contributed by atoms with E-state index in [4.69, 9.17) is 11.6 Å². The zero-order chi connectivity index (χ0) is 24.9. The highest BCUT2D eigenvalue weighted by Crippen LogP contribution is 2.53. The lowest BCUT2D eigenvalue weighted by Gasteiger charge is -2.18. The predicted molar refractivity (Wildman–Crippen MR) is 126 cm³/mol. The molecule has 0 spiro atoms. The van der Waals surface area contributed by atoms with Gasteiger partial charge in [-0.05, 0) is 55.7 Å². The number of carbonyl (C=O) groups is 1. The number of fused-ring (bicyclic) bond motifs is 1. The van der Waals surface area contributed by atoms with Crippen molar-refractivity contribution in [3.05, 3.63) is 64.5 Å². The monoisotopic (exact) mass is 499 g/mol. The molecule has 0 saturated heterocycles. The van der Waals surface area contributed by atoms with Crippen LogP contribution < -0.4 is 5.32 Å². The van der Waals surface area contributed by atoms with E-state index in [2.05, 4.69) is 27.2 Å². The molecule has 2 atom stereocenters. The number of aromatic nitrogens is 4. The molecule has 3 aromatic rings. The second-order valence-electron chi connectivity index (χ2n) is 9.56. The Morgan fingerprint density at radius 3 is 2.60 bits per heavy atom. The first-order chi connectivity index (χ1) is 16.6. The Labute approximate surface area is 206 Å². The Kier molecular flexibility index (Phi) is 5.90. The normalized spacial score (nSPS) is 25.3. The molecule has 0 aliphatic heterocycles. The van der Waals surface area contributed by atoms with Gasteiger partial charge >= 0.3 is 0 Å². The highest BCUT2D eigenvalue weighted by molar-refractivity contribution is 6.31. The van der Waals surface area contributed by atoms with Crippen LogP contribution in [0.25, 0.3) is 0 Å². The molecule has 5 rings (SSSR count). The number of imidazole rings is 1. The number of aryl methyl sites for hydroxylation is 2. The maximum atomic E-state index is 13.8. The average Bonchev–Trinajstić information content (AvgIpc) is 3.51. The maximum Gasteiger partial charge on any atom is 0.274 e. The molecule has 2 unspecified atom stereocenters. The summed E-state index contributed by atoms with van der Waals surface area (Å²) in [4.78, 5) is 17.6. The molecule has 35 heavy (non-hydrogen) atoms. The van der Waals surface area contributed by atoms with Crippen molar-refractivity contribution in [1.29, 1.82) is 0 Å². The van der Waals surface area contributed by atoms with E-state index in [0.717, 1.165) is 12.8 Å². The second kappa shape index (κ2) is 8.77. The van der Waals surface area contributed by atoms with Gasteiger partial charge in [0.1, 0.15) is 17.1 Å². The highest BCUT2D eigenvalue weighted by atomic mass is 35.5. The van der Waals surface area contributed by atoms with Gasteiger partial charge in [0.15, 0.2) is 0 Å². The molecule has 2 fully saturated rings. The van der Waals surface area contributed by atoms with Gasteiger partial charge in [-0.3, -0.25) is 9.48 Å². The Hall–Kier alpha value is -3.22. The molecular formula is C25H24ClF2N5O2. The van der Waals surface area contributed by atoms with Gasteiger partial charge in [0.25, 0.3) is 5.91 Å². The third-order valence-electron chi connectivity index (χ3n) is 7.00. The van der Waals surface area contributed by atoms with E-state index in [1.165, 1.54) is 29.1 Å². The van der Waals surface area contributed by atoms with Crippen molar-refractivity contribution >= 4 is 23.2 Å². The van der Waals surface area contributed by atoms with Crippen LogP contribution in [0.2, 0.25) is 5.02 Å². The summed E-state index contributed by atoms with van der Waals surface area (Å²) >= 11 is 5.84. The molecule has 2 aromatic heterocycles. The minimum atomic E-state index is -1.17. The summed E-state index contributed by atoms with van der Waals surface area (Å²) in [7, 11) is 3.37. The van der Waals surface area contributed by atoms with Gasteiger partial charge < -0.3 is 15.0 Å². The molecule has 1 amide bonds. The third kappa shape index (κ3) is 4.56. The lowest BCUT2D eigenvalue weighted by Crippen LogP contribution is -2.24. The molecular weight excluding hydrogens is 476 g/mol. The summed E-state index contributed by atoms with van der Waals surface area (Å²) < 4.78 is 30.3. The summed E-state index contributed by atoms with van der Waals surface area (Å²) in [5, 5.41) is 17.4. The van der Waals surface area contributed by atoms with E-state index in [9.17, 15) is 18.7 Å². The number of aliphatic hydroxyl groups is 1. The molecule has 10 heteroatoms. The fourth-order valence-electron chi connectivity index (χ4n) is 5.50. The van der Waals surface area contributed by atoms with Crippen molar-refractivity contribution in [3.8, 4) is 11.8 Å². The standard InChI is InChI=1S/C25H24ClF2N5O2/c1-32-13-29-21(22(32)24(34)30-18-3-4-20(27)19(26)9-18)15-7-16-10-25(35,11-17(16)8-15)6-5-14-12-33(2)31-23(14)28/h3-4,9,12-13,15-17,35H,7-8,10-11H2,1-2H3,(H,30,34). The summed E-state index contributed by atoms with van der Waals surface area (Å²) in [5.41, 5.74) is 0.541. The van der Waals surface area contributed by atoms with E-state index in [0.29, 0.717) is 29.9 Å². The van der Waals surface area contributed by atoms with Crippen molar-refractivity contribution in [1.82, 2.24) is 19.3 Å². The molecule has 2 aliphatic rings. The first-order valence-corrected chi connectivity index (χ1v) is 11.7. The molecule has 7 nitrogen and oxygen atoms in total. The molecule has 2 N–H and O–H groups in total. The predicted octanol–water partition coefficient (Wildman–Crippen LogP) is 4.02. The van der Waals surface area contributed by atoms with Gasteiger partial charge in [-0.1, -0.05) is 23.4 Å². The van der Waals surface area contributed by atoms with E-state index >= 15 is 0 Å². The van der Waals surface area contributed by atoms with Crippen LogP contribution in [0.3, 0.4) is 0 Å². The van der Waals surface area contributed by atoms with Crippen molar-refractivity contribution in [2.45, 2.75) is 37.2 Å². The minimum Gasteiger partial charge on any atom is -0.378 e. The fraction of sp³-hybridized carbons (Fsp3) is 0.400. The number of benzene rings is 1. The fourth-order valence-corrected chi connectivity index (χ4v) is 5.69. The van der Waals surface area contributed by atoms with Crippen LogP contribution in [-0.4, -0.2) is 35.9 Å². The van der Waals surface area contributed by atoms with Gasteiger partial charge in [0.05, 0.1) is 22.6 Å². The van der Waals surface area contributed by atoms with Crippen LogP contribution in [-0.2, 0) is 14.1 Å². The van der Waals surface area contributed by atoms with E-state index in [1.54, 1.807) is 25.0 Å². The summed E-state index contributed by atoms with van der Waals surface area (Å²) in [6, 6.07) is 4.02. The van der Waals surface area contributed by atoms with Crippen molar-refractivity contribution < 1.29 is 18.7 Å². The minimum absolute atomic E-state index is 0.0667. The molecule has 182 valence electrons. The summed E-state index contributed by atoms with van der Waals surface area (Å²) in [5.74, 6) is 4.59. The third-order valence-corrected chi connectivity index (χ3v) is 7.29. The summed E-state index contributed by atoms with van der Waals surface area (Å²) in [6.45, 7) is 0. The van der Waals surface area contributed by atoms with Gasteiger partial charge in [-0.25, -0.2) is 9.37 Å². The quantitative estimate of drug-likeness (QED) is 0.533. The zero-order valence-corrected chi connectivity index (χ0v) is 20.0. The largest absolute Gasteiger partial charge is 0.378 e. The Morgan fingerprint density at radius 2 is 1.97 bits per heavy atom. The van der Waals surface area contributed by atoms with Crippen molar-refractivity contribution in [2.24, 2.45) is 25.9 Å². The van der Waals surface area contributed by atoms with Gasteiger partial charge in [0, 0.05) is 31.9 Å². The summed E-state index contributed by atoms with van der Waals surface area (Å²) in [6.07, 6.45) is 5.63. The highest BCUT2D eigenvalue weighted by Gasteiger charge is 2.49. The van der Waals surface area contributed by atoms with E-state index < -0.39 is 17.4 Å². The first kappa shape index (κ1) is 23.5. The number of halogens is 3. The lowest BCUT2D eigenvalue weighted by molar-refractivity contribution is 0.0979. The van der Waals surface area contributed by atoms with Crippen LogP contribution in [0, 0.1) is 35.4 Å². The number of hydrogen-bond donors (Lipinski definition) is 2. The van der Waals surface area contributed by atoms with Gasteiger partial charge in [0.2, 0.25) is 5.95 Å². The Morgan fingerprint density at radius 1 is 1.26 bits per heavy atom. The molecule has 0 radical (unpaired) electrons. The van der Waals surface area contributed by atoms with Crippen LogP contribution in [0.5, 0.6) is 0 Å². The van der Waals surface area contributed by atoms with E-state index in [-0.39, 0.29) is 34.2 Å². The molecule has 0 bridgehead atoms. The Bertz CT molecular complexity index is 1360. The van der Waals surface area contributed by atoms with Crippen LogP contribution in [0.4, 0.5) is 14.5 Å². The first-order valence-electron chi connectivity index (χ1n) is 11.3. The molecule has 2 saturated carbocycles. The van der Waals surface area contributed by atoms with Crippen LogP contribution >= 0.6 is 11.6 Å². The second-order valence-corrected chi connectivity index (χ2v) is 9.97. The number of rotatable bonds is 3. The van der Waals surface area contributed by atoms with E-state index in [1.807, 2.05) is 0 Å².